The summed E-state index contributed by atoms with van der Waals surface area (Å²) in [4.78, 5) is 20.0. The Morgan fingerprint density at radius 1 is 0.707 bits per heavy atom. The van der Waals surface area contributed by atoms with E-state index in [1.807, 2.05) is 53.4 Å². The van der Waals surface area contributed by atoms with Crippen LogP contribution in [0.5, 0.6) is 0 Å². The highest BCUT2D eigenvalue weighted by Gasteiger charge is 2.26. The number of rotatable bonds is 12. The van der Waals surface area contributed by atoms with Crippen LogP contribution in [0.25, 0.3) is 0 Å². The Kier molecular flexibility index (Phi) is 10.6. The van der Waals surface area contributed by atoms with Gasteiger partial charge in [-0.3, -0.25) is 14.6 Å². The summed E-state index contributed by atoms with van der Waals surface area (Å²) < 4.78 is 5.92. The number of amides is 1. The lowest BCUT2D eigenvalue weighted by molar-refractivity contribution is -0.137. The zero-order valence-electron chi connectivity index (χ0n) is 23.4. The van der Waals surface area contributed by atoms with Crippen molar-refractivity contribution in [2.75, 3.05) is 45.9 Å². The highest BCUT2D eigenvalue weighted by Crippen LogP contribution is 2.30. The molecule has 212 valence electrons. The molecule has 0 bridgehead atoms. The van der Waals surface area contributed by atoms with Gasteiger partial charge in [0.25, 0.3) is 0 Å². The lowest BCUT2D eigenvalue weighted by Gasteiger charge is -2.39. The number of nitrogens with zero attached hydrogens (tertiary/aromatic N) is 3. The van der Waals surface area contributed by atoms with Gasteiger partial charge in [-0.15, -0.1) is 0 Å². The summed E-state index contributed by atoms with van der Waals surface area (Å²) in [5, 5.41) is 0.757. The van der Waals surface area contributed by atoms with E-state index in [-0.39, 0.29) is 18.6 Å². The van der Waals surface area contributed by atoms with Crippen molar-refractivity contribution in [3.63, 3.8) is 0 Å². The van der Waals surface area contributed by atoms with Gasteiger partial charge < -0.3 is 9.64 Å². The van der Waals surface area contributed by atoms with E-state index in [0.717, 1.165) is 48.9 Å². The first-order chi connectivity index (χ1) is 20.2. The van der Waals surface area contributed by atoms with E-state index in [2.05, 4.69) is 76.5 Å². The number of carbonyl (C=O) groups excluding carboxylic acids is 1. The molecule has 6 heteroatoms. The number of hydrogen-bond acceptors (Lipinski definition) is 4. The second-order valence-electron chi connectivity index (χ2n) is 10.5. The molecule has 1 unspecified atom stereocenters. The first-order valence-electron chi connectivity index (χ1n) is 14.4. The summed E-state index contributed by atoms with van der Waals surface area (Å²) in [6, 6.07) is 39.3. The van der Waals surface area contributed by atoms with Crippen LogP contribution in [0.15, 0.2) is 115 Å². The summed E-state index contributed by atoms with van der Waals surface area (Å²) in [7, 11) is 0. The SMILES string of the molecule is O=C(COCCN1CCN(C(c2ccccc2)c2ccc(Cl)cc2)CC1)N(Cc1ccccc1)Cc1ccccc1. The zero-order valence-corrected chi connectivity index (χ0v) is 24.2. The van der Waals surface area contributed by atoms with Crippen LogP contribution in [-0.4, -0.2) is 66.5 Å². The van der Waals surface area contributed by atoms with Gasteiger partial charge in [-0.1, -0.05) is 115 Å². The Bertz CT molecular complexity index is 1290. The number of piperazine rings is 1. The van der Waals surface area contributed by atoms with Gasteiger partial charge >= 0.3 is 0 Å². The summed E-state index contributed by atoms with van der Waals surface area (Å²) in [6.07, 6.45) is 0. The minimum absolute atomic E-state index is 0.0104. The maximum Gasteiger partial charge on any atom is 0.249 e. The molecule has 1 saturated heterocycles. The van der Waals surface area contributed by atoms with Gasteiger partial charge in [0.05, 0.1) is 12.6 Å². The molecule has 1 aliphatic heterocycles. The van der Waals surface area contributed by atoms with Crippen LogP contribution in [0, 0.1) is 0 Å². The van der Waals surface area contributed by atoms with Gasteiger partial charge in [-0.25, -0.2) is 0 Å². The van der Waals surface area contributed by atoms with E-state index in [1.165, 1.54) is 11.1 Å². The average molecular weight is 568 g/mol. The van der Waals surface area contributed by atoms with E-state index >= 15 is 0 Å². The Morgan fingerprint density at radius 3 is 1.78 bits per heavy atom. The standard InChI is InChI=1S/C35H38ClN3O2/c36-33-18-16-32(17-19-33)35(31-14-8-3-9-15-31)38-22-20-37(21-23-38)24-25-41-28-34(40)39(26-29-10-4-1-5-11-29)27-30-12-6-2-7-13-30/h1-19,35H,20-28H2. The van der Waals surface area contributed by atoms with Crippen LogP contribution in [0.1, 0.15) is 28.3 Å². The molecule has 4 aromatic carbocycles. The topological polar surface area (TPSA) is 36.0 Å². The maximum absolute atomic E-state index is 13.2. The Hall–Kier alpha value is -3.48. The number of carbonyl (C=O) groups is 1. The summed E-state index contributed by atoms with van der Waals surface area (Å²) >= 11 is 6.18. The fourth-order valence-electron chi connectivity index (χ4n) is 5.42. The molecular weight excluding hydrogens is 530 g/mol. The average Bonchev–Trinajstić information content (AvgIpc) is 3.02. The predicted octanol–water partition coefficient (Wildman–Crippen LogP) is 6.29. The van der Waals surface area contributed by atoms with E-state index in [0.29, 0.717) is 19.7 Å². The van der Waals surface area contributed by atoms with Crippen molar-refractivity contribution < 1.29 is 9.53 Å². The number of benzene rings is 4. The molecule has 41 heavy (non-hydrogen) atoms. The molecule has 0 saturated carbocycles. The summed E-state index contributed by atoms with van der Waals surface area (Å²) in [5.74, 6) is 0.0104. The van der Waals surface area contributed by atoms with Crippen LogP contribution < -0.4 is 0 Å². The first kappa shape index (κ1) is 29.0. The van der Waals surface area contributed by atoms with Gasteiger partial charge in [-0.05, 0) is 34.4 Å². The van der Waals surface area contributed by atoms with Crippen molar-refractivity contribution in [1.29, 1.82) is 0 Å². The third-order valence-corrected chi connectivity index (χ3v) is 7.89. The molecule has 1 fully saturated rings. The van der Waals surface area contributed by atoms with Crippen molar-refractivity contribution in [2.45, 2.75) is 19.1 Å². The number of hydrogen-bond donors (Lipinski definition) is 0. The van der Waals surface area contributed by atoms with Gasteiger partial charge in [-0.2, -0.15) is 0 Å². The second kappa shape index (κ2) is 14.9. The molecule has 1 atom stereocenters. The quantitative estimate of drug-likeness (QED) is 0.188. The summed E-state index contributed by atoms with van der Waals surface area (Å²) in [5.41, 5.74) is 4.77. The molecule has 1 heterocycles. The van der Waals surface area contributed by atoms with Gasteiger partial charge in [0.15, 0.2) is 0 Å². The third kappa shape index (κ3) is 8.51. The Balaban J connectivity index is 1.11. The predicted molar refractivity (Wildman–Crippen MR) is 166 cm³/mol. The largest absolute Gasteiger partial charge is 0.370 e. The van der Waals surface area contributed by atoms with E-state index in [9.17, 15) is 4.79 Å². The van der Waals surface area contributed by atoms with E-state index < -0.39 is 0 Å². The van der Waals surface area contributed by atoms with Gasteiger partial charge in [0.1, 0.15) is 6.61 Å². The monoisotopic (exact) mass is 567 g/mol. The van der Waals surface area contributed by atoms with Crippen molar-refractivity contribution in [3.8, 4) is 0 Å². The zero-order chi connectivity index (χ0) is 28.3. The van der Waals surface area contributed by atoms with Crippen molar-refractivity contribution in [3.05, 3.63) is 143 Å². The molecule has 0 N–H and O–H groups in total. The minimum Gasteiger partial charge on any atom is -0.370 e. The Morgan fingerprint density at radius 2 is 1.22 bits per heavy atom. The third-order valence-electron chi connectivity index (χ3n) is 7.64. The van der Waals surface area contributed by atoms with Crippen LogP contribution in [0.4, 0.5) is 0 Å². The molecule has 0 aromatic heterocycles. The highest BCUT2D eigenvalue weighted by molar-refractivity contribution is 6.30. The Labute approximate surface area is 248 Å². The molecule has 1 aliphatic rings. The molecule has 5 nitrogen and oxygen atoms in total. The lowest BCUT2D eigenvalue weighted by Crippen LogP contribution is -2.48. The van der Waals surface area contributed by atoms with Crippen molar-refractivity contribution in [2.24, 2.45) is 0 Å². The fourth-order valence-corrected chi connectivity index (χ4v) is 5.55. The first-order valence-corrected chi connectivity index (χ1v) is 14.7. The molecule has 1 amide bonds. The smallest absolute Gasteiger partial charge is 0.249 e. The molecule has 4 aromatic rings. The molecule has 0 radical (unpaired) electrons. The molecule has 5 rings (SSSR count). The van der Waals surface area contributed by atoms with Crippen molar-refractivity contribution >= 4 is 17.5 Å². The van der Waals surface area contributed by atoms with Crippen LogP contribution >= 0.6 is 11.6 Å². The fraction of sp³-hybridized carbons (Fsp3) is 0.286. The van der Waals surface area contributed by atoms with Crippen molar-refractivity contribution in [1.82, 2.24) is 14.7 Å². The van der Waals surface area contributed by atoms with Crippen LogP contribution in [0.3, 0.4) is 0 Å². The normalized spacial score (nSPS) is 15.0. The number of halogens is 1. The highest BCUT2D eigenvalue weighted by atomic mass is 35.5. The molecule has 0 aliphatic carbocycles. The van der Waals surface area contributed by atoms with Gasteiger partial charge in [0.2, 0.25) is 5.91 Å². The maximum atomic E-state index is 13.2. The number of ether oxygens (including phenoxy) is 1. The molecule has 0 spiro atoms. The van der Waals surface area contributed by atoms with E-state index in [1.54, 1.807) is 0 Å². The van der Waals surface area contributed by atoms with Crippen LogP contribution in [0.2, 0.25) is 5.02 Å². The molecular formula is C35H38ClN3O2. The van der Waals surface area contributed by atoms with Gasteiger partial charge in [0, 0.05) is 50.8 Å². The summed E-state index contributed by atoms with van der Waals surface area (Å²) in [6.45, 7) is 6.42. The van der Waals surface area contributed by atoms with E-state index in [4.69, 9.17) is 16.3 Å². The second-order valence-corrected chi connectivity index (χ2v) is 11.0. The lowest BCUT2D eigenvalue weighted by atomic mass is 9.96. The van der Waals surface area contributed by atoms with Crippen LogP contribution in [-0.2, 0) is 22.6 Å². The minimum atomic E-state index is 0.0104.